The van der Waals surface area contributed by atoms with Crippen LogP contribution in [0.1, 0.15) is 50.8 Å². The van der Waals surface area contributed by atoms with Crippen LogP contribution in [0, 0.1) is 5.41 Å². The van der Waals surface area contributed by atoms with Crippen LogP contribution in [-0.2, 0) is 16.6 Å². The summed E-state index contributed by atoms with van der Waals surface area (Å²) < 4.78 is 27.9. The van der Waals surface area contributed by atoms with Crippen molar-refractivity contribution in [2.24, 2.45) is 5.41 Å². The van der Waals surface area contributed by atoms with Gasteiger partial charge in [-0.25, -0.2) is 13.1 Å². The van der Waals surface area contributed by atoms with E-state index in [0.717, 1.165) is 30.7 Å². The van der Waals surface area contributed by atoms with Crippen molar-refractivity contribution >= 4 is 21.4 Å². The van der Waals surface area contributed by atoms with Crippen LogP contribution in [0.4, 0.5) is 0 Å². The van der Waals surface area contributed by atoms with E-state index in [2.05, 4.69) is 23.9 Å². The maximum Gasteiger partial charge on any atom is 0.241 e. The van der Waals surface area contributed by atoms with E-state index in [1.807, 2.05) is 5.38 Å². The Morgan fingerprint density at radius 3 is 2.71 bits per heavy atom. The number of thiophene rings is 1. The molecule has 1 aromatic rings. The van der Waals surface area contributed by atoms with E-state index in [1.54, 1.807) is 6.07 Å². The van der Waals surface area contributed by atoms with Gasteiger partial charge >= 0.3 is 0 Å². The zero-order valence-corrected chi connectivity index (χ0v) is 14.6. The van der Waals surface area contributed by atoms with Gasteiger partial charge in [0.15, 0.2) is 0 Å². The van der Waals surface area contributed by atoms with Crippen LogP contribution in [0.25, 0.3) is 0 Å². The van der Waals surface area contributed by atoms with Gasteiger partial charge in [0.25, 0.3) is 0 Å². The summed E-state index contributed by atoms with van der Waals surface area (Å²) in [5, 5.41) is 5.13. The summed E-state index contributed by atoms with van der Waals surface area (Å²) in [6, 6.07) is 1.72. The first kappa shape index (κ1) is 16.9. The van der Waals surface area contributed by atoms with Gasteiger partial charge in [-0.15, -0.1) is 11.3 Å². The third kappa shape index (κ3) is 4.52. The molecule has 0 unspecified atom stereocenters. The second kappa shape index (κ2) is 7.22. The Labute approximate surface area is 132 Å². The first-order chi connectivity index (χ1) is 9.97. The summed E-state index contributed by atoms with van der Waals surface area (Å²) in [6.07, 6.45) is 5.70. The molecule has 120 valence electrons. The Balaban J connectivity index is 2.00. The minimum atomic E-state index is -3.39. The number of nitrogens with one attached hydrogen (secondary N) is 2. The molecular weight excluding hydrogens is 304 g/mol. The minimum absolute atomic E-state index is 0.129. The summed E-state index contributed by atoms with van der Waals surface area (Å²) in [4.78, 5) is 1.34. The summed E-state index contributed by atoms with van der Waals surface area (Å²) in [7, 11) is -3.39. The van der Waals surface area contributed by atoms with E-state index in [1.165, 1.54) is 24.2 Å². The van der Waals surface area contributed by atoms with Crippen molar-refractivity contribution in [3.8, 4) is 0 Å². The monoisotopic (exact) mass is 330 g/mol. The lowest BCUT2D eigenvalue weighted by molar-refractivity contribution is 0.336. The molecule has 21 heavy (non-hydrogen) atoms. The van der Waals surface area contributed by atoms with Crippen molar-refractivity contribution in [3.63, 3.8) is 0 Å². The van der Waals surface area contributed by atoms with E-state index in [-0.39, 0.29) is 5.41 Å². The average molecular weight is 331 g/mol. The molecule has 2 N–H and O–H groups in total. The lowest BCUT2D eigenvalue weighted by atomic mass is 9.89. The molecule has 0 amide bonds. The van der Waals surface area contributed by atoms with Gasteiger partial charge in [0.05, 0.1) is 4.90 Å². The maximum atomic E-state index is 12.5. The van der Waals surface area contributed by atoms with Crippen molar-refractivity contribution in [2.75, 3.05) is 13.1 Å². The van der Waals surface area contributed by atoms with E-state index in [0.29, 0.717) is 18.0 Å². The van der Waals surface area contributed by atoms with Crippen molar-refractivity contribution in [2.45, 2.75) is 57.4 Å². The SMILES string of the molecule is CCCNCc1sccc1S(=O)(=O)NCC1(C)CCCC1. The minimum Gasteiger partial charge on any atom is -0.312 e. The van der Waals surface area contributed by atoms with Gasteiger partial charge < -0.3 is 5.32 Å². The van der Waals surface area contributed by atoms with Crippen LogP contribution in [-0.4, -0.2) is 21.5 Å². The summed E-state index contributed by atoms with van der Waals surface area (Å²) in [6.45, 7) is 6.36. The zero-order chi connectivity index (χ0) is 15.3. The molecule has 1 saturated carbocycles. The number of hydrogen-bond acceptors (Lipinski definition) is 4. The third-order valence-electron chi connectivity index (χ3n) is 4.21. The normalized spacial score (nSPS) is 18.2. The van der Waals surface area contributed by atoms with Gasteiger partial charge in [-0.1, -0.05) is 26.7 Å². The van der Waals surface area contributed by atoms with Crippen LogP contribution in [0.15, 0.2) is 16.3 Å². The molecule has 0 aliphatic heterocycles. The molecule has 1 aliphatic carbocycles. The Kier molecular flexibility index (Phi) is 5.82. The van der Waals surface area contributed by atoms with Crippen LogP contribution in [0.3, 0.4) is 0 Å². The molecule has 6 heteroatoms. The lowest BCUT2D eigenvalue weighted by Gasteiger charge is -2.23. The Morgan fingerprint density at radius 2 is 2.05 bits per heavy atom. The summed E-state index contributed by atoms with van der Waals surface area (Å²) in [5.41, 5.74) is 0.129. The summed E-state index contributed by atoms with van der Waals surface area (Å²) in [5.74, 6) is 0. The zero-order valence-electron chi connectivity index (χ0n) is 12.9. The third-order valence-corrected chi connectivity index (χ3v) is 6.74. The molecule has 0 atom stereocenters. The number of rotatable bonds is 8. The Bertz CT molecular complexity index is 546. The van der Waals surface area contributed by atoms with Crippen LogP contribution in [0.5, 0.6) is 0 Å². The van der Waals surface area contributed by atoms with E-state index in [4.69, 9.17) is 0 Å². The predicted molar refractivity (Wildman–Crippen MR) is 88.1 cm³/mol. The van der Waals surface area contributed by atoms with Crippen LogP contribution < -0.4 is 10.0 Å². The number of hydrogen-bond donors (Lipinski definition) is 2. The highest BCUT2D eigenvalue weighted by atomic mass is 32.2. The number of sulfonamides is 1. The molecule has 0 aromatic carbocycles. The Morgan fingerprint density at radius 1 is 1.33 bits per heavy atom. The fourth-order valence-corrected chi connectivity index (χ4v) is 5.44. The van der Waals surface area contributed by atoms with Crippen molar-refractivity contribution < 1.29 is 8.42 Å². The molecule has 4 nitrogen and oxygen atoms in total. The topological polar surface area (TPSA) is 58.2 Å². The van der Waals surface area contributed by atoms with Crippen molar-refractivity contribution in [1.29, 1.82) is 0 Å². The van der Waals surface area contributed by atoms with Gasteiger partial charge in [-0.3, -0.25) is 0 Å². The van der Waals surface area contributed by atoms with Gasteiger partial charge in [-0.2, -0.15) is 0 Å². The van der Waals surface area contributed by atoms with Gasteiger partial charge in [0, 0.05) is 18.0 Å². The van der Waals surface area contributed by atoms with Gasteiger partial charge in [0.2, 0.25) is 10.0 Å². The summed E-state index contributed by atoms with van der Waals surface area (Å²) >= 11 is 1.50. The van der Waals surface area contributed by atoms with Crippen LogP contribution >= 0.6 is 11.3 Å². The molecule has 1 aromatic heterocycles. The molecule has 1 heterocycles. The largest absolute Gasteiger partial charge is 0.312 e. The highest BCUT2D eigenvalue weighted by Gasteiger charge is 2.31. The fourth-order valence-electron chi connectivity index (χ4n) is 2.83. The molecule has 0 radical (unpaired) electrons. The Hall–Kier alpha value is -0.430. The van der Waals surface area contributed by atoms with E-state index in [9.17, 15) is 8.42 Å². The molecule has 0 saturated heterocycles. The molecule has 1 aliphatic rings. The first-order valence-electron chi connectivity index (χ1n) is 7.74. The second-order valence-electron chi connectivity index (χ2n) is 6.23. The molecule has 2 rings (SSSR count). The van der Waals surface area contributed by atoms with E-state index < -0.39 is 10.0 Å². The standard InChI is InChI=1S/C15H26N2O2S2/c1-3-9-16-11-13-14(6-10-20-13)21(18,19)17-12-15(2)7-4-5-8-15/h6,10,16-17H,3-5,7-9,11-12H2,1-2H3. The smallest absolute Gasteiger partial charge is 0.241 e. The van der Waals surface area contributed by atoms with Crippen molar-refractivity contribution in [3.05, 3.63) is 16.3 Å². The molecule has 0 bridgehead atoms. The van der Waals surface area contributed by atoms with Crippen molar-refractivity contribution in [1.82, 2.24) is 10.0 Å². The molecular formula is C15H26N2O2S2. The predicted octanol–water partition coefficient (Wildman–Crippen LogP) is 3.11. The van der Waals surface area contributed by atoms with E-state index >= 15 is 0 Å². The quantitative estimate of drug-likeness (QED) is 0.720. The molecule has 0 spiro atoms. The second-order valence-corrected chi connectivity index (χ2v) is 8.96. The highest BCUT2D eigenvalue weighted by Crippen LogP contribution is 2.37. The average Bonchev–Trinajstić information content (AvgIpc) is 3.07. The fraction of sp³-hybridized carbons (Fsp3) is 0.733. The van der Waals surface area contributed by atoms with Gasteiger partial charge in [-0.05, 0) is 42.7 Å². The first-order valence-corrected chi connectivity index (χ1v) is 10.1. The van der Waals surface area contributed by atoms with Crippen LogP contribution in [0.2, 0.25) is 0 Å². The lowest BCUT2D eigenvalue weighted by Crippen LogP contribution is -2.34. The van der Waals surface area contributed by atoms with Gasteiger partial charge in [0.1, 0.15) is 0 Å². The molecule has 1 fully saturated rings. The maximum absolute atomic E-state index is 12.5. The highest BCUT2D eigenvalue weighted by molar-refractivity contribution is 7.89.